The van der Waals surface area contributed by atoms with E-state index in [1.807, 2.05) is 35.1 Å². The lowest BCUT2D eigenvalue weighted by molar-refractivity contribution is 0.811. The van der Waals surface area contributed by atoms with Crippen molar-refractivity contribution in [2.75, 3.05) is 0 Å². The lowest BCUT2D eigenvalue weighted by Gasteiger charge is -2.07. The Hall–Kier alpha value is -0.800. The summed E-state index contributed by atoms with van der Waals surface area (Å²) in [4.78, 5) is 0. The Kier molecular flexibility index (Phi) is 3.66. The van der Waals surface area contributed by atoms with E-state index < -0.39 is 0 Å². The molecule has 0 bridgehead atoms. The van der Waals surface area contributed by atoms with Gasteiger partial charge in [-0.25, -0.2) is 4.68 Å². The van der Waals surface area contributed by atoms with Crippen molar-refractivity contribution in [3.05, 3.63) is 46.2 Å². The van der Waals surface area contributed by atoms with E-state index in [0.29, 0.717) is 5.88 Å². The largest absolute Gasteiger partial charge is 0.238 e. The number of hydrogen-bond acceptors (Lipinski definition) is 1. The van der Waals surface area contributed by atoms with Gasteiger partial charge in [-0.1, -0.05) is 22.9 Å². The number of benzene rings is 1. The van der Waals surface area contributed by atoms with Gasteiger partial charge in [0.2, 0.25) is 0 Å². The van der Waals surface area contributed by atoms with Crippen LogP contribution >= 0.6 is 27.5 Å². The molecule has 16 heavy (non-hydrogen) atoms. The van der Waals surface area contributed by atoms with E-state index in [2.05, 4.69) is 28.0 Å². The van der Waals surface area contributed by atoms with Crippen LogP contribution in [0.3, 0.4) is 0 Å². The third-order valence-corrected chi connectivity index (χ3v) is 3.32. The molecule has 84 valence electrons. The minimum Gasteiger partial charge on any atom is -0.238 e. The molecule has 1 heterocycles. The van der Waals surface area contributed by atoms with Gasteiger partial charge in [0.25, 0.3) is 0 Å². The maximum absolute atomic E-state index is 5.88. The average molecular weight is 300 g/mol. The van der Waals surface area contributed by atoms with Gasteiger partial charge in [0.05, 0.1) is 17.8 Å². The highest BCUT2D eigenvalue weighted by Gasteiger charge is 2.09. The fourth-order valence-electron chi connectivity index (χ4n) is 1.70. The first-order chi connectivity index (χ1) is 7.76. The molecular formula is C12H12BrClN2. The smallest absolute Gasteiger partial charge is 0.0649 e. The molecule has 0 unspecified atom stereocenters. The predicted molar refractivity (Wildman–Crippen MR) is 70.2 cm³/mol. The van der Waals surface area contributed by atoms with E-state index in [4.69, 9.17) is 11.6 Å². The highest BCUT2D eigenvalue weighted by atomic mass is 79.9. The summed E-state index contributed by atoms with van der Waals surface area (Å²) in [5.41, 5.74) is 3.35. The van der Waals surface area contributed by atoms with E-state index in [9.17, 15) is 0 Å². The molecule has 0 amide bonds. The Labute approximate surface area is 108 Å². The summed E-state index contributed by atoms with van der Waals surface area (Å²) in [6, 6.07) is 8.09. The van der Waals surface area contributed by atoms with Crippen LogP contribution in [0.2, 0.25) is 0 Å². The van der Waals surface area contributed by atoms with Gasteiger partial charge in [0, 0.05) is 15.7 Å². The number of halogens is 2. The molecule has 1 aromatic heterocycles. The number of hydrogen-bond donors (Lipinski definition) is 0. The van der Waals surface area contributed by atoms with Crippen LogP contribution in [0.1, 0.15) is 18.2 Å². The first-order valence-corrected chi connectivity index (χ1v) is 6.46. The van der Waals surface area contributed by atoms with Crippen molar-refractivity contribution < 1.29 is 0 Å². The van der Waals surface area contributed by atoms with E-state index in [1.54, 1.807) is 0 Å². The van der Waals surface area contributed by atoms with E-state index in [-0.39, 0.29) is 0 Å². The number of nitrogens with zero attached hydrogens (tertiary/aromatic N) is 2. The molecule has 2 rings (SSSR count). The highest BCUT2D eigenvalue weighted by molar-refractivity contribution is 9.10. The van der Waals surface area contributed by atoms with E-state index in [0.717, 1.165) is 22.1 Å². The monoisotopic (exact) mass is 298 g/mol. The Bertz CT molecular complexity index is 476. The maximum Gasteiger partial charge on any atom is 0.0649 e. The van der Waals surface area contributed by atoms with Gasteiger partial charge in [0.15, 0.2) is 0 Å². The molecule has 0 atom stereocenters. The third-order valence-electron chi connectivity index (χ3n) is 2.51. The Morgan fingerprint density at radius 2 is 2.00 bits per heavy atom. The number of aromatic nitrogens is 2. The van der Waals surface area contributed by atoms with Crippen molar-refractivity contribution >= 4 is 27.5 Å². The van der Waals surface area contributed by atoms with Gasteiger partial charge in [-0.2, -0.15) is 5.10 Å². The van der Waals surface area contributed by atoms with Crippen LogP contribution in [0.4, 0.5) is 0 Å². The lowest BCUT2D eigenvalue weighted by Crippen LogP contribution is -2.02. The minimum absolute atomic E-state index is 0.514. The predicted octanol–water partition coefficient (Wildman–Crippen LogP) is 3.94. The zero-order valence-corrected chi connectivity index (χ0v) is 11.3. The fraction of sp³-hybridized carbons (Fsp3) is 0.250. The molecule has 4 heteroatoms. The highest BCUT2D eigenvalue weighted by Crippen LogP contribution is 2.19. The van der Waals surface area contributed by atoms with Gasteiger partial charge in [-0.15, -0.1) is 11.6 Å². The first-order valence-electron chi connectivity index (χ1n) is 5.14. The summed E-state index contributed by atoms with van der Waals surface area (Å²) in [6.45, 7) is 2.11. The first kappa shape index (κ1) is 11.7. The quantitative estimate of drug-likeness (QED) is 0.785. The molecule has 2 nitrogen and oxygen atoms in total. The topological polar surface area (TPSA) is 17.8 Å². The molecule has 0 aliphatic rings. The molecule has 0 fully saturated rings. The maximum atomic E-state index is 5.88. The number of alkyl halides is 1. The van der Waals surface area contributed by atoms with Gasteiger partial charge in [-0.05, 0) is 30.7 Å². The van der Waals surface area contributed by atoms with Crippen LogP contribution in [-0.2, 0) is 12.3 Å². The average Bonchev–Trinajstić information content (AvgIpc) is 2.72. The van der Waals surface area contributed by atoms with Crippen LogP contribution in [0.25, 0.3) is 5.69 Å². The zero-order valence-electron chi connectivity index (χ0n) is 8.95. The van der Waals surface area contributed by atoms with Crippen LogP contribution in [-0.4, -0.2) is 9.78 Å². The summed E-state index contributed by atoms with van der Waals surface area (Å²) in [5.74, 6) is 0.514. The van der Waals surface area contributed by atoms with Crippen molar-refractivity contribution in [3.63, 3.8) is 0 Å². The minimum atomic E-state index is 0.514. The van der Waals surface area contributed by atoms with E-state index in [1.165, 1.54) is 5.69 Å². The van der Waals surface area contributed by atoms with Gasteiger partial charge >= 0.3 is 0 Å². The molecule has 0 saturated heterocycles. The molecule has 0 aliphatic heterocycles. The van der Waals surface area contributed by atoms with Crippen molar-refractivity contribution in [1.82, 2.24) is 9.78 Å². The summed E-state index contributed by atoms with van der Waals surface area (Å²) in [5, 5.41) is 4.37. The molecule has 0 radical (unpaired) electrons. The summed E-state index contributed by atoms with van der Waals surface area (Å²) < 4.78 is 3.02. The number of rotatable bonds is 3. The molecule has 1 aromatic carbocycles. The Morgan fingerprint density at radius 3 is 2.56 bits per heavy atom. The van der Waals surface area contributed by atoms with E-state index >= 15 is 0 Å². The summed E-state index contributed by atoms with van der Waals surface area (Å²) >= 11 is 9.30. The van der Waals surface area contributed by atoms with Gasteiger partial charge in [0.1, 0.15) is 0 Å². The second-order valence-corrected chi connectivity index (χ2v) is 4.67. The van der Waals surface area contributed by atoms with Crippen molar-refractivity contribution in [1.29, 1.82) is 0 Å². The standard InChI is InChI=1S/C12H12BrClN2/c1-2-12-9(7-14)8-15-16(12)11-5-3-10(13)4-6-11/h3-6,8H,2,7H2,1H3. The van der Waals surface area contributed by atoms with Gasteiger partial charge < -0.3 is 0 Å². The van der Waals surface area contributed by atoms with Crippen molar-refractivity contribution in [2.24, 2.45) is 0 Å². The molecule has 0 saturated carbocycles. The molecule has 2 aromatic rings. The molecular weight excluding hydrogens is 288 g/mol. The van der Waals surface area contributed by atoms with Crippen LogP contribution < -0.4 is 0 Å². The second kappa shape index (κ2) is 5.02. The normalized spacial score (nSPS) is 10.7. The zero-order chi connectivity index (χ0) is 11.5. The van der Waals surface area contributed by atoms with Gasteiger partial charge in [-0.3, -0.25) is 0 Å². The Morgan fingerprint density at radius 1 is 1.31 bits per heavy atom. The fourth-order valence-corrected chi connectivity index (χ4v) is 2.19. The molecule has 0 spiro atoms. The molecule has 0 N–H and O–H groups in total. The summed E-state index contributed by atoms with van der Waals surface area (Å²) in [7, 11) is 0. The third kappa shape index (κ3) is 2.15. The lowest BCUT2D eigenvalue weighted by atomic mass is 10.2. The van der Waals surface area contributed by atoms with Crippen LogP contribution in [0.5, 0.6) is 0 Å². The summed E-state index contributed by atoms with van der Waals surface area (Å²) in [6.07, 6.45) is 2.77. The van der Waals surface area contributed by atoms with Crippen molar-refractivity contribution in [2.45, 2.75) is 19.2 Å². The molecule has 0 aliphatic carbocycles. The SMILES string of the molecule is CCc1c(CCl)cnn1-c1ccc(Br)cc1. The van der Waals surface area contributed by atoms with Crippen LogP contribution in [0.15, 0.2) is 34.9 Å². The second-order valence-electron chi connectivity index (χ2n) is 3.49. The van der Waals surface area contributed by atoms with Crippen molar-refractivity contribution in [3.8, 4) is 5.69 Å². The Balaban J connectivity index is 2.47. The van der Waals surface area contributed by atoms with Crippen LogP contribution in [0, 0.1) is 0 Å².